The fraction of sp³-hybridized carbons (Fsp3) is 0.429. The molecule has 0 atom stereocenters. The first kappa shape index (κ1) is 12.7. The molecule has 0 fully saturated rings. The zero-order chi connectivity index (χ0) is 13.2. The van der Waals surface area contributed by atoms with Gasteiger partial charge in [-0.3, -0.25) is 0 Å². The van der Waals surface area contributed by atoms with Crippen LogP contribution in [0.4, 0.5) is 4.39 Å². The minimum atomic E-state index is -1.16. The normalized spacial score (nSPS) is 11.8. The van der Waals surface area contributed by atoms with Gasteiger partial charge in [0.2, 0.25) is 0 Å². The average molecular weight is 247 g/mol. The third-order valence-electron chi connectivity index (χ3n) is 2.81. The number of halogens is 1. The summed E-state index contributed by atoms with van der Waals surface area (Å²) in [6.45, 7) is 5.20. The molecule has 0 saturated heterocycles. The number of aryl methyl sites for hydroxylation is 2. The number of hydrogen-bond donors (Lipinski definition) is 0. The van der Waals surface area contributed by atoms with E-state index < -0.39 is 5.67 Å². The first-order valence-electron chi connectivity index (χ1n) is 6.11. The molecule has 96 valence electrons. The topological polar surface area (TPSA) is 30.7 Å². The van der Waals surface area contributed by atoms with Gasteiger partial charge in [0, 0.05) is 0 Å². The maximum atomic E-state index is 13.4. The zero-order valence-electron chi connectivity index (χ0n) is 11.0. The van der Waals surface area contributed by atoms with Gasteiger partial charge in [0.25, 0.3) is 0 Å². The van der Waals surface area contributed by atoms with Gasteiger partial charge in [0.05, 0.1) is 17.6 Å². The Labute approximate surface area is 107 Å². The summed E-state index contributed by atoms with van der Waals surface area (Å²) in [5.41, 5.74) is 1.84. The van der Waals surface area contributed by atoms with Gasteiger partial charge in [0.15, 0.2) is 0 Å². The van der Waals surface area contributed by atoms with Crippen LogP contribution in [-0.4, -0.2) is 20.7 Å². The van der Waals surface area contributed by atoms with Crippen LogP contribution in [0.1, 0.15) is 31.5 Å². The van der Waals surface area contributed by atoms with Crippen LogP contribution in [-0.2, 0) is 6.42 Å². The van der Waals surface area contributed by atoms with E-state index in [0.717, 1.165) is 11.4 Å². The van der Waals surface area contributed by atoms with E-state index in [1.165, 1.54) is 5.56 Å². The molecular formula is C14H18FN3. The Hall–Kier alpha value is -1.71. The van der Waals surface area contributed by atoms with E-state index >= 15 is 0 Å². The third-order valence-corrected chi connectivity index (χ3v) is 2.81. The largest absolute Gasteiger partial charge is 0.244 e. The van der Waals surface area contributed by atoms with Crippen LogP contribution >= 0.6 is 0 Å². The van der Waals surface area contributed by atoms with E-state index in [2.05, 4.69) is 10.3 Å². The Morgan fingerprint density at radius 2 is 1.89 bits per heavy atom. The summed E-state index contributed by atoms with van der Waals surface area (Å²) >= 11 is 0. The Bertz CT molecular complexity index is 509. The lowest BCUT2D eigenvalue weighted by Crippen LogP contribution is -2.12. The Morgan fingerprint density at radius 1 is 1.22 bits per heavy atom. The fourth-order valence-corrected chi connectivity index (χ4v) is 1.66. The molecule has 0 radical (unpaired) electrons. The number of nitrogens with zero attached hydrogens (tertiary/aromatic N) is 3. The summed E-state index contributed by atoms with van der Waals surface area (Å²) in [5, 5.41) is 8.13. The molecule has 0 unspecified atom stereocenters. The lowest BCUT2D eigenvalue weighted by Gasteiger charge is -2.11. The smallest absolute Gasteiger partial charge is 0.105 e. The van der Waals surface area contributed by atoms with Crippen LogP contribution in [0.2, 0.25) is 0 Å². The van der Waals surface area contributed by atoms with Crippen molar-refractivity contribution in [1.82, 2.24) is 15.0 Å². The molecule has 1 aromatic heterocycles. The summed E-state index contributed by atoms with van der Waals surface area (Å²) in [4.78, 5) is 0. The minimum Gasteiger partial charge on any atom is -0.244 e. The van der Waals surface area contributed by atoms with Gasteiger partial charge >= 0.3 is 0 Å². The summed E-state index contributed by atoms with van der Waals surface area (Å²) in [6, 6.07) is 8.04. The highest BCUT2D eigenvalue weighted by molar-refractivity contribution is 5.33. The Balaban J connectivity index is 2.08. The van der Waals surface area contributed by atoms with Crippen LogP contribution < -0.4 is 0 Å². The van der Waals surface area contributed by atoms with Gasteiger partial charge < -0.3 is 0 Å². The van der Waals surface area contributed by atoms with E-state index in [-0.39, 0.29) is 0 Å². The molecule has 0 amide bonds. The van der Waals surface area contributed by atoms with Crippen molar-refractivity contribution in [2.45, 2.75) is 39.3 Å². The number of rotatable bonds is 4. The Kier molecular flexibility index (Phi) is 3.45. The van der Waals surface area contributed by atoms with Crippen LogP contribution in [0.25, 0.3) is 5.69 Å². The van der Waals surface area contributed by atoms with Crippen molar-refractivity contribution in [3.63, 3.8) is 0 Å². The SMILES string of the molecule is Cc1ccc(-n2cc(CCC(C)(C)F)nn2)cc1. The molecule has 3 nitrogen and oxygen atoms in total. The third kappa shape index (κ3) is 3.39. The lowest BCUT2D eigenvalue weighted by atomic mass is 10.0. The maximum absolute atomic E-state index is 13.4. The van der Waals surface area contributed by atoms with Crippen LogP contribution in [0.15, 0.2) is 30.5 Å². The number of hydrogen-bond acceptors (Lipinski definition) is 2. The molecule has 0 bridgehead atoms. The molecule has 0 spiro atoms. The fourth-order valence-electron chi connectivity index (χ4n) is 1.66. The van der Waals surface area contributed by atoms with Gasteiger partial charge in [-0.2, -0.15) is 0 Å². The number of benzene rings is 1. The maximum Gasteiger partial charge on any atom is 0.105 e. The molecule has 0 aliphatic rings. The number of aromatic nitrogens is 3. The molecule has 0 saturated carbocycles. The summed E-state index contributed by atoms with van der Waals surface area (Å²) in [6.07, 6.45) is 2.92. The van der Waals surface area contributed by atoms with Crippen molar-refractivity contribution in [2.75, 3.05) is 0 Å². The second-order valence-electron chi connectivity index (χ2n) is 5.21. The zero-order valence-corrected chi connectivity index (χ0v) is 11.0. The molecule has 0 N–H and O–H groups in total. The second kappa shape index (κ2) is 4.88. The predicted molar refractivity (Wildman–Crippen MR) is 69.6 cm³/mol. The molecule has 2 aromatic rings. The first-order valence-corrected chi connectivity index (χ1v) is 6.11. The summed E-state index contributed by atoms with van der Waals surface area (Å²) in [5.74, 6) is 0. The highest BCUT2D eigenvalue weighted by atomic mass is 19.1. The van der Waals surface area contributed by atoms with Crippen molar-refractivity contribution in [3.05, 3.63) is 41.7 Å². The van der Waals surface area contributed by atoms with Gasteiger partial charge in [0.1, 0.15) is 5.67 Å². The first-order chi connectivity index (χ1) is 8.44. The van der Waals surface area contributed by atoms with Gasteiger partial charge in [-0.25, -0.2) is 9.07 Å². The quantitative estimate of drug-likeness (QED) is 0.830. The Morgan fingerprint density at radius 3 is 2.50 bits per heavy atom. The van der Waals surface area contributed by atoms with Crippen LogP contribution in [0, 0.1) is 6.92 Å². The van der Waals surface area contributed by atoms with Gasteiger partial charge in [-0.1, -0.05) is 22.9 Å². The van der Waals surface area contributed by atoms with E-state index in [1.54, 1.807) is 18.5 Å². The van der Waals surface area contributed by atoms with Crippen molar-refractivity contribution >= 4 is 0 Å². The van der Waals surface area contributed by atoms with Crippen molar-refractivity contribution in [3.8, 4) is 5.69 Å². The summed E-state index contributed by atoms with van der Waals surface area (Å²) in [7, 11) is 0. The number of alkyl halides is 1. The lowest BCUT2D eigenvalue weighted by molar-refractivity contribution is 0.201. The molecule has 2 rings (SSSR count). The monoisotopic (exact) mass is 247 g/mol. The van der Waals surface area contributed by atoms with Crippen molar-refractivity contribution in [1.29, 1.82) is 0 Å². The van der Waals surface area contributed by atoms with Crippen molar-refractivity contribution < 1.29 is 4.39 Å². The highest BCUT2D eigenvalue weighted by Gasteiger charge is 2.16. The standard InChI is InChI=1S/C14H18FN3/c1-11-4-6-13(7-5-11)18-10-12(16-17-18)8-9-14(2,3)15/h4-7,10H,8-9H2,1-3H3. The molecule has 18 heavy (non-hydrogen) atoms. The second-order valence-corrected chi connectivity index (χ2v) is 5.21. The molecule has 1 aromatic carbocycles. The summed E-state index contributed by atoms with van der Waals surface area (Å²) < 4.78 is 15.1. The van der Waals surface area contributed by atoms with E-state index in [0.29, 0.717) is 12.8 Å². The predicted octanol–water partition coefficient (Wildman–Crippen LogP) is 3.26. The average Bonchev–Trinajstić information content (AvgIpc) is 2.75. The van der Waals surface area contributed by atoms with Gasteiger partial charge in [-0.05, 0) is 45.7 Å². The molecule has 1 heterocycles. The molecular weight excluding hydrogens is 229 g/mol. The van der Waals surface area contributed by atoms with Gasteiger partial charge in [-0.15, -0.1) is 5.10 Å². The van der Waals surface area contributed by atoms with E-state index in [9.17, 15) is 4.39 Å². The van der Waals surface area contributed by atoms with Crippen LogP contribution in [0.3, 0.4) is 0 Å². The minimum absolute atomic E-state index is 0.458. The van der Waals surface area contributed by atoms with Crippen LogP contribution in [0.5, 0.6) is 0 Å². The van der Waals surface area contributed by atoms with E-state index in [1.807, 2.05) is 37.4 Å². The highest BCUT2D eigenvalue weighted by Crippen LogP contribution is 2.17. The van der Waals surface area contributed by atoms with Crippen molar-refractivity contribution in [2.24, 2.45) is 0 Å². The molecule has 4 heteroatoms. The molecule has 0 aliphatic heterocycles. The molecule has 0 aliphatic carbocycles. The van der Waals surface area contributed by atoms with E-state index in [4.69, 9.17) is 0 Å².